The zero-order chi connectivity index (χ0) is 13.9. The van der Waals surface area contributed by atoms with Crippen LogP contribution in [0.1, 0.15) is 24.1 Å². The lowest BCUT2D eigenvalue weighted by Crippen LogP contribution is -2.41. The lowest BCUT2D eigenvalue weighted by molar-refractivity contribution is -0.122. The maximum absolute atomic E-state index is 11.9. The van der Waals surface area contributed by atoms with Crippen molar-refractivity contribution in [3.8, 4) is 0 Å². The normalized spacial score (nSPS) is 18.6. The van der Waals surface area contributed by atoms with Crippen molar-refractivity contribution in [3.63, 3.8) is 0 Å². The molecule has 2 aromatic rings. The predicted octanol–water partition coefficient (Wildman–Crippen LogP) is 1.89. The number of H-pyrrole nitrogens is 1. The zero-order valence-corrected chi connectivity index (χ0v) is 11.8. The van der Waals surface area contributed by atoms with Crippen LogP contribution in [0.3, 0.4) is 0 Å². The molecule has 0 bridgehead atoms. The first kappa shape index (κ1) is 13.2. The van der Waals surface area contributed by atoms with Crippen LogP contribution in [-0.2, 0) is 11.2 Å². The summed E-state index contributed by atoms with van der Waals surface area (Å²) in [5, 5.41) is 7.52. The van der Waals surface area contributed by atoms with Crippen molar-refractivity contribution in [2.75, 3.05) is 13.1 Å². The fourth-order valence-electron chi connectivity index (χ4n) is 3.00. The topological polar surface area (TPSA) is 56.9 Å². The summed E-state index contributed by atoms with van der Waals surface area (Å²) in [5.74, 6) is 0.139. The highest BCUT2D eigenvalue weighted by Crippen LogP contribution is 2.21. The SMILES string of the molecule is Cc1[nH]c2ccccc2c1CCNC(=O)C1CCCN1. The average molecular weight is 271 g/mol. The molecule has 4 nitrogen and oxygen atoms in total. The summed E-state index contributed by atoms with van der Waals surface area (Å²) in [5.41, 5.74) is 3.67. The lowest BCUT2D eigenvalue weighted by Gasteiger charge is -2.11. The number of aromatic nitrogens is 1. The third-order valence-electron chi connectivity index (χ3n) is 4.08. The van der Waals surface area contributed by atoms with Crippen molar-refractivity contribution >= 4 is 16.8 Å². The van der Waals surface area contributed by atoms with E-state index in [4.69, 9.17) is 0 Å². The van der Waals surface area contributed by atoms with E-state index in [1.165, 1.54) is 22.2 Å². The van der Waals surface area contributed by atoms with E-state index in [9.17, 15) is 4.79 Å². The third kappa shape index (κ3) is 2.56. The van der Waals surface area contributed by atoms with Crippen LogP contribution in [0.25, 0.3) is 10.9 Å². The van der Waals surface area contributed by atoms with Crippen molar-refractivity contribution < 1.29 is 4.79 Å². The number of carbonyl (C=O) groups is 1. The molecule has 106 valence electrons. The summed E-state index contributed by atoms with van der Waals surface area (Å²) < 4.78 is 0. The van der Waals surface area contributed by atoms with Crippen LogP contribution in [0.5, 0.6) is 0 Å². The molecule has 2 heterocycles. The van der Waals surface area contributed by atoms with Crippen molar-refractivity contribution in [2.45, 2.75) is 32.2 Å². The number of amides is 1. The van der Waals surface area contributed by atoms with Crippen LogP contribution in [-0.4, -0.2) is 30.0 Å². The number of hydrogen-bond acceptors (Lipinski definition) is 2. The minimum absolute atomic E-state index is 0.0130. The highest BCUT2D eigenvalue weighted by molar-refractivity contribution is 5.85. The van der Waals surface area contributed by atoms with Crippen LogP contribution in [0.4, 0.5) is 0 Å². The van der Waals surface area contributed by atoms with E-state index in [1.807, 2.05) is 6.07 Å². The molecule has 4 heteroatoms. The minimum atomic E-state index is 0.0130. The van der Waals surface area contributed by atoms with Crippen LogP contribution in [0.15, 0.2) is 24.3 Å². The van der Waals surface area contributed by atoms with E-state index in [0.29, 0.717) is 6.54 Å². The molecule has 1 saturated heterocycles. The number of aromatic amines is 1. The predicted molar refractivity (Wildman–Crippen MR) is 80.8 cm³/mol. The zero-order valence-electron chi connectivity index (χ0n) is 11.8. The number of aryl methyl sites for hydroxylation is 1. The molecule has 1 unspecified atom stereocenters. The molecule has 0 spiro atoms. The van der Waals surface area contributed by atoms with Gasteiger partial charge in [0.15, 0.2) is 0 Å². The number of benzene rings is 1. The van der Waals surface area contributed by atoms with Gasteiger partial charge in [0.1, 0.15) is 0 Å². The quantitative estimate of drug-likeness (QED) is 0.795. The second-order valence-corrected chi connectivity index (χ2v) is 5.46. The molecular weight excluding hydrogens is 250 g/mol. The molecule has 1 fully saturated rings. The monoisotopic (exact) mass is 271 g/mol. The van der Waals surface area contributed by atoms with Gasteiger partial charge < -0.3 is 15.6 Å². The van der Waals surface area contributed by atoms with Crippen LogP contribution < -0.4 is 10.6 Å². The minimum Gasteiger partial charge on any atom is -0.358 e. The first-order chi connectivity index (χ1) is 9.75. The fraction of sp³-hybridized carbons (Fsp3) is 0.438. The molecule has 1 aromatic heterocycles. The molecule has 1 amide bonds. The van der Waals surface area contributed by atoms with Gasteiger partial charge in [-0.15, -0.1) is 0 Å². The summed E-state index contributed by atoms with van der Waals surface area (Å²) in [6.07, 6.45) is 2.92. The molecule has 0 radical (unpaired) electrons. The largest absolute Gasteiger partial charge is 0.358 e. The fourth-order valence-corrected chi connectivity index (χ4v) is 3.00. The Labute approximate surface area is 118 Å². The summed E-state index contributed by atoms with van der Waals surface area (Å²) in [7, 11) is 0. The van der Waals surface area contributed by atoms with Gasteiger partial charge in [-0.05, 0) is 44.4 Å². The van der Waals surface area contributed by atoms with Gasteiger partial charge >= 0.3 is 0 Å². The molecule has 20 heavy (non-hydrogen) atoms. The molecule has 1 aromatic carbocycles. The molecule has 1 atom stereocenters. The van der Waals surface area contributed by atoms with Gasteiger partial charge in [-0.1, -0.05) is 18.2 Å². The van der Waals surface area contributed by atoms with Crippen LogP contribution in [0.2, 0.25) is 0 Å². The Morgan fingerprint density at radius 3 is 3.05 bits per heavy atom. The van der Waals surface area contributed by atoms with E-state index >= 15 is 0 Å². The number of fused-ring (bicyclic) bond motifs is 1. The molecule has 3 N–H and O–H groups in total. The number of hydrogen-bond donors (Lipinski definition) is 3. The number of nitrogens with one attached hydrogen (secondary N) is 3. The first-order valence-corrected chi connectivity index (χ1v) is 7.33. The third-order valence-corrected chi connectivity index (χ3v) is 4.08. The Balaban J connectivity index is 1.62. The molecule has 1 aliphatic rings. The van der Waals surface area contributed by atoms with Crippen molar-refractivity contribution in [3.05, 3.63) is 35.5 Å². The van der Waals surface area contributed by atoms with Gasteiger partial charge in [0, 0.05) is 23.1 Å². The maximum atomic E-state index is 11.9. The molecule has 0 aliphatic carbocycles. The molecule has 1 aliphatic heterocycles. The molecule has 0 saturated carbocycles. The highest BCUT2D eigenvalue weighted by Gasteiger charge is 2.21. The van der Waals surface area contributed by atoms with Crippen molar-refractivity contribution in [1.82, 2.24) is 15.6 Å². The number of rotatable bonds is 4. The van der Waals surface area contributed by atoms with Crippen LogP contribution >= 0.6 is 0 Å². The number of para-hydroxylation sites is 1. The summed E-state index contributed by atoms with van der Waals surface area (Å²) in [4.78, 5) is 15.3. The Bertz CT molecular complexity index is 611. The van der Waals surface area contributed by atoms with Crippen LogP contribution in [0, 0.1) is 6.92 Å². The van der Waals surface area contributed by atoms with E-state index < -0.39 is 0 Å². The summed E-state index contributed by atoms with van der Waals surface area (Å²) in [6.45, 7) is 3.75. The van der Waals surface area contributed by atoms with E-state index in [1.54, 1.807) is 0 Å². The number of carbonyl (C=O) groups excluding carboxylic acids is 1. The van der Waals surface area contributed by atoms with E-state index in [2.05, 4.69) is 40.7 Å². The summed E-state index contributed by atoms with van der Waals surface area (Å²) in [6, 6.07) is 8.33. The van der Waals surface area contributed by atoms with Crippen molar-refractivity contribution in [1.29, 1.82) is 0 Å². The van der Waals surface area contributed by atoms with Gasteiger partial charge in [-0.3, -0.25) is 4.79 Å². The van der Waals surface area contributed by atoms with Gasteiger partial charge in [0.2, 0.25) is 5.91 Å². The standard InChI is InChI=1S/C16H21N3O/c1-11-12(13-5-2-3-6-14(13)19-11)8-10-18-16(20)15-7-4-9-17-15/h2-3,5-6,15,17,19H,4,7-10H2,1H3,(H,18,20). The van der Waals surface area contributed by atoms with Gasteiger partial charge in [0.25, 0.3) is 0 Å². The molecule has 3 rings (SSSR count). The van der Waals surface area contributed by atoms with Gasteiger partial charge in [0.05, 0.1) is 6.04 Å². The lowest BCUT2D eigenvalue weighted by atomic mass is 10.1. The van der Waals surface area contributed by atoms with Gasteiger partial charge in [-0.25, -0.2) is 0 Å². The Morgan fingerprint density at radius 2 is 2.25 bits per heavy atom. The second kappa shape index (κ2) is 5.67. The Morgan fingerprint density at radius 1 is 1.40 bits per heavy atom. The average Bonchev–Trinajstić information content (AvgIpc) is 3.07. The van der Waals surface area contributed by atoms with Crippen molar-refractivity contribution in [2.24, 2.45) is 0 Å². The Kier molecular flexibility index (Phi) is 3.74. The second-order valence-electron chi connectivity index (χ2n) is 5.46. The first-order valence-electron chi connectivity index (χ1n) is 7.33. The van der Waals surface area contributed by atoms with E-state index in [0.717, 1.165) is 25.8 Å². The van der Waals surface area contributed by atoms with Gasteiger partial charge in [-0.2, -0.15) is 0 Å². The Hall–Kier alpha value is -1.81. The van der Waals surface area contributed by atoms with E-state index in [-0.39, 0.29) is 11.9 Å². The summed E-state index contributed by atoms with van der Waals surface area (Å²) >= 11 is 0. The molecular formula is C16H21N3O. The highest BCUT2D eigenvalue weighted by atomic mass is 16.2. The smallest absolute Gasteiger partial charge is 0.237 e. The maximum Gasteiger partial charge on any atom is 0.237 e.